The first kappa shape index (κ1) is 17.5. The van der Waals surface area contributed by atoms with E-state index in [9.17, 15) is 9.18 Å². The van der Waals surface area contributed by atoms with Crippen LogP contribution in [0.2, 0.25) is 0 Å². The number of fused-ring (bicyclic) bond motifs is 2. The van der Waals surface area contributed by atoms with Crippen LogP contribution in [0.15, 0.2) is 42.5 Å². The van der Waals surface area contributed by atoms with Gasteiger partial charge in [-0.3, -0.25) is 9.78 Å². The first-order valence-corrected chi connectivity index (χ1v) is 9.19. The van der Waals surface area contributed by atoms with Crippen molar-refractivity contribution in [3.63, 3.8) is 0 Å². The van der Waals surface area contributed by atoms with E-state index in [2.05, 4.69) is 40.4 Å². The first-order chi connectivity index (χ1) is 13.0. The Morgan fingerprint density at radius 3 is 2.93 bits per heavy atom. The Morgan fingerprint density at radius 2 is 2.07 bits per heavy atom. The number of halogens is 1. The van der Waals surface area contributed by atoms with Gasteiger partial charge in [0.25, 0.3) is 5.91 Å². The largest absolute Gasteiger partial charge is 0.374 e. The van der Waals surface area contributed by atoms with Crippen molar-refractivity contribution in [2.45, 2.75) is 26.3 Å². The molecule has 0 bridgehead atoms. The van der Waals surface area contributed by atoms with Gasteiger partial charge in [0, 0.05) is 43.0 Å². The number of benzene rings is 2. The molecule has 1 aliphatic heterocycles. The van der Waals surface area contributed by atoms with Gasteiger partial charge in [-0.05, 0) is 55.2 Å². The van der Waals surface area contributed by atoms with Gasteiger partial charge in [-0.2, -0.15) is 0 Å². The maximum Gasteiger partial charge on any atom is 0.252 e. The second-order valence-corrected chi connectivity index (χ2v) is 7.14. The van der Waals surface area contributed by atoms with Gasteiger partial charge < -0.3 is 10.2 Å². The van der Waals surface area contributed by atoms with Gasteiger partial charge in [0.15, 0.2) is 0 Å². The van der Waals surface area contributed by atoms with Crippen LogP contribution in [0.5, 0.6) is 0 Å². The molecule has 27 heavy (non-hydrogen) atoms. The number of nitrogens with zero attached hydrogens (tertiary/aromatic N) is 2. The van der Waals surface area contributed by atoms with Gasteiger partial charge >= 0.3 is 0 Å². The van der Waals surface area contributed by atoms with Gasteiger partial charge in [-0.1, -0.05) is 12.1 Å². The molecule has 2 heterocycles. The Bertz CT molecular complexity index is 1030. The minimum atomic E-state index is -0.356. The van der Waals surface area contributed by atoms with Crippen molar-refractivity contribution in [2.24, 2.45) is 0 Å². The number of hydrogen-bond acceptors (Lipinski definition) is 3. The smallest absolute Gasteiger partial charge is 0.252 e. The third-order valence-electron chi connectivity index (χ3n) is 5.09. The van der Waals surface area contributed by atoms with Gasteiger partial charge in [0.05, 0.1) is 11.1 Å². The number of carbonyl (C=O) groups is 1. The third kappa shape index (κ3) is 3.50. The van der Waals surface area contributed by atoms with Crippen molar-refractivity contribution in [1.82, 2.24) is 10.3 Å². The van der Waals surface area contributed by atoms with E-state index in [0.29, 0.717) is 28.7 Å². The molecule has 2 aromatic carbocycles. The van der Waals surface area contributed by atoms with Crippen LogP contribution < -0.4 is 10.2 Å². The molecule has 4 nitrogen and oxygen atoms in total. The minimum absolute atomic E-state index is 0.174. The molecule has 0 fully saturated rings. The van der Waals surface area contributed by atoms with E-state index in [0.717, 1.165) is 24.9 Å². The van der Waals surface area contributed by atoms with Crippen molar-refractivity contribution < 1.29 is 9.18 Å². The lowest BCUT2D eigenvalue weighted by atomic mass is 9.99. The summed E-state index contributed by atoms with van der Waals surface area (Å²) < 4.78 is 13.5. The van der Waals surface area contributed by atoms with Crippen molar-refractivity contribution in [1.29, 1.82) is 0 Å². The highest BCUT2D eigenvalue weighted by Gasteiger charge is 2.15. The standard InChI is InChI=1S/C22H22FN3O/c1-14-10-19(18-7-6-17(23)12-20(18)25-14)22(27)24-13-15-5-8-21-16(11-15)4-3-9-26(21)2/h5-8,10-12H,3-4,9,13H2,1-2H3,(H,24,27). The summed E-state index contributed by atoms with van der Waals surface area (Å²) in [4.78, 5) is 19.4. The number of aryl methyl sites for hydroxylation is 2. The molecular weight excluding hydrogens is 341 g/mol. The molecular formula is C22H22FN3O. The average Bonchev–Trinajstić information content (AvgIpc) is 2.65. The van der Waals surface area contributed by atoms with E-state index >= 15 is 0 Å². The van der Waals surface area contributed by atoms with Crippen molar-refractivity contribution in [3.05, 3.63) is 70.7 Å². The zero-order chi connectivity index (χ0) is 19.0. The predicted molar refractivity (Wildman–Crippen MR) is 106 cm³/mol. The fourth-order valence-corrected chi connectivity index (χ4v) is 3.75. The number of amides is 1. The molecule has 5 heteroatoms. The van der Waals surface area contributed by atoms with Crippen LogP contribution in [0.3, 0.4) is 0 Å². The SMILES string of the molecule is Cc1cc(C(=O)NCc2ccc3c(c2)CCCN3C)c2ccc(F)cc2n1. The van der Waals surface area contributed by atoms with Gasteiger partial charge in [-0.25, -0.2) is 4.39 Å². The maximum absolute atomic E-state index is 13.5. The molecule has 0 saturated heterocycles. The van der Waals surface area contributed by atoms with Gasteiger partial charge in [0.1, 0.15) is 5.82 Å². The molecule has 0 atom stereocenters. The lowest BCUT2D eigenvalue weighted by Crippen LogP contribution is -2.26. The van der Waals surface area contributed by atoms with E-state index < -0.39 is 0 Å². The van der Waals surface area contributed by atoms with Crippen LogP contribution in [0, 0.1) is 12.7 Å². The number of hydrogen-bond donors (Lipinski definition) is 1. The second-order valence-electron chi connectivity index (χ2n) is 7.14. The predicted octanol–water partition coefficient (Wildman–Crippen LogP) is 3.99. The van der Waals surface area contributed by atoms with E-state index in [-0.39, 0.29) is 11.7 Å². The Hall–Kier alpha value is -2.95. The highest BCUT2D eigenvalue weighted by Crippen LogP contribution is 2.27. The first-order valence-electron chi connectivity index (χ1n) is 9.19. The number of rotatable bonds is 3. The fourth-order valence-electron chi connectivity index (χ4n) is 3.75. The van der Waals surface area contributed by atoms with E-state index in [4.69, 9.17) is 0 Å². The Labute approximate surface area is 158 Å². The second kappa shape index (κ2) is 6.99. The normalized spacial score (nSPS) is 13.5. The number of anilines is 1. The number of aromatic nitrogens is 1. The number of carbonyl (C=O) groups excluding carboxylic acids is 1. The van der Waals surface area contributed by atoms with Crippen LogP contribution in [-0.2, 0) is 13.0 Å². The van der Waals surface area contributed by atoms with Crippen molar-refractivity contribution >= 4 is 22.5 Å². The van der Waals surface area contributed by atoms with Crippen molar-refractivity contribution in [2.75, 3.05) is 18.5 Å². The summed E-state index contributed by atoms with van der Waals surface area (Å²) in [5.41, 5.74) is 5.39. The summed E-state index contributed by atoms with van der Waals surface area (Å²) in [6, 6.07) is 12.4. The van der Waals surface area contributed by atoms with Crippen LogP contribution in [0.4, 0.5) is 10.1 Å². The molecule has 1 N–H and O–H groups in total. The van der Waals surface area contributed by atoms with Crippen LogP contribution in [-0.4, -0.2) is 24.5 Å². The van der Waals surface area contributed by atoms with E-state index in [1.54, 1.807) is 19.1 Å². The highest BCUT2D eigenvalue weighted by molar-refractivity contribution is 6.06. The zero-order valence-corrected chi connectivity index (χ0v) is 15.6. The van der Waals surface area contributed by atoms with Crippen LogP contribution in [0.1, 0.15) is 33.6 Å². The molecule has 0 spiro atoms. The van der Waals surface area contributed by atoms with E-state index in [1.165, 1.54) is 23.4 Å². The minimum Gasteiger partial charge on any atom is -0.374 e. The Morgan fingerprint density at radius 1 is 1.22 bits per heavy atom. The molecule has 1 amide bonds. The third-order valence-corrected chi connectivity index (χ3v) is 5.09. The maximum atomic E-state index is 13.5. The summed E-state index contributed by atoms with van der Waals surface area (Å²) in [5, 5.41) is 3.65. The number of pyridine rings is 1. The molecule has 138 valence electrons. The lowest BCUT2D eigenvalue weighted by molar-refractivity contribution is 0.0952. The Balaban J connectivity index is 1.56. The summed E-state index contributed by atoms with van der Waals surface area (Å²) in [5.74, 6) is -0.530. The topological polar surface area (TPSA) is 45.2 Å². The van der Waals surface area contributed by atoms with Crippen LogP contribution >= 0.6 is 0 Å². The highest BCUT2D eigenvalue weighted by atomic mass is 19.1. The fraction of sp³-hybridized carbons (Fsp3) is 0.273. The van der Waals surface area contributed by atoms with Gasteiger partial charge in [-0.15, -0.1) is 0 Å². The monoisotopic (exact) mass is 363 g/mol. The quantitative estimate of drug-likeness (QED) is 0.765. The summed E-state index contributed by atoms with van der Waals surface area (Å²) in [6.45, 7) is 3.35. The van der Waals surface area contributed by atoms with Crippen LogP contribution in [0.25, 0.3) is 10.9 Å². The number of nitrogens with one attached hydrogen (secondary N) is 1. The summed E-state index contributed by atoms with van der Waals surface area (Å²) >= 11 is 0. The lowest BCUT2D eigenvalue weighted by Gasteiger charge is -2.27. The van der Waals surface area contributed by atoms with E-state index in [1.807, 2.05) is 0 Å². The molecule has 0 radical (unpaired) electrons. The molecule has 1 aromatic heterocycles. The molecule has 0 aliphatic carbocycles. The molecule has 0 unspecified atom stereocenters. The molecule has 3 aromatic rings. The molecule has 0 saturated carbocycles. The summed E-state index contributed by atoms with van der Waals surface area (Å²) in [7, 11) is 2.11. The average molecular weight is 363 g/mol. The molecule has 4 rings (SSSR count). The summed E-state index contributed by atoms with van der Waals surface area (Å²) in [6.07, 6.45) is 2.22. The Kier molecular flexibility index (Phi) is 4.52. The molecule has 1 aliphatic rings. The van der Waals surface area contributed by atoms with Gasteiger partial charge in [0.2, 0.25) is 0 Å². The van der Waals surface area contributed by atoms with Crippen molar-refractivity contribution in [3.8, 4) is 0 Å². The zero-order valence-electron chi connectivity index (χ0n) is 15.6.